The van der Waals surface area contributed by atoms with E-state index >= 15 is 0 Å². The van der Waals surface area contributed by atoms with Gasteiger partial charge in [-0.15, -0.1) is 0 Å². The average molecular weight is 329 g/mol. The number of pyridine rings is 1. The molecular formula is C20H29N2O2+. The second kappa shape index (κ2) is 7.39. The van der Waals surface area contributed by atoms with E-state index in [0.29, 0.717) is 12.5 Å². The number of aromatic amines is 1. The predicted molar refractivity (Wildman–Crippen MR) is 97.9 cm³/mol. The lowest BCUT2D eigenvalue weighted by Crippen LogP contribution is -3.11. The highest BCUT2D eigenvalue weighted by Crippen LogP contribution is 2.19. The number of rotatable bonds is 5. The van der Waals surface area contributed by atoms with Crippen molar-refractivity contribution in [1.82, 2.24) is 4.98 Å². The van der Waals surface area contributed by atoms with Crippen LogP contribution < -0.4 is 15.1 Å². The molecule has 0 amide bonds. The Morgan fingerprint density at radius 3 is 2.67 bits per heavy atom. The second-order valence-electron chi connectivity index (χ2n) is 7.46. The highest BCUT2D eigenvalue weighted by molar-refractivity contribution is 5.81. The number of quaternary nitrogens is 1. The Labute approximate surface area is 143 Å². The maximum atomic E-state index is 13.0. The van der Waals surface area contributed by atoms with Crippen molar-refractivity contribution < 1.29 is 9.64 Å². The Morgan fingerprint density at radius 2 is 1.96 bits per heavy atom. The number of likely N-dealkylation sites (tertiary alicyclic amines) is 1. The Kier molecular flexibility index (Phi) is 5.24. The molecule has 130 valence electrons. The van der Waals surface area contributed by atoms with E-state index in [1.807, 2.05) is 25.1 Å². The molecule has 4 nitrogen and oxygen atoms in total. The van der Waals surface area contributed by atoms with Crippen LogP contribution in [0.5, 0.6) is 5.75 Å². The van der Waals surface area contributed by atoms with Gasteiger partial charge < -0.3 is 14.6 Å². The number of H-pyrrole nitrogens is 1. The van der Waals surface area contributed by atoms with E-state index in [1.54, 1.807) is 0 Å². The highest BCUT2D eigenvalue weighted by atomic mass is 16.5. The third-order valence-corrected chi connectivity index (χ3v) is 4.86. The smallest absolute Gasteiger partial charge is 0.198 e. The molecule has 1 fully saturated rings. The summed E-state index contributed by atoms with van der Waals surface area (Å²) >= 11 is 0. The quantitative estimate of drug-likeness (QED) is 0.885. The van der Waals surface area contributed by atoms with Crippen molar-refractivity contribution in [2.24, 2.45) is 5.92 Å². The van der Waals surface area contributed by atoms with Crippen molar-refractivity contribution in [3.05, 3.63) is 39.7 Å². The Hall–Kier alpha value is -1.81. The van der Waals surface area contributed by atoms with Crippen LogP contribution in [0.4, 0.5) is 0 Å². The van der Waals surface area contributed by atoms with E-state index in [0.717, 1.165) is 34.5 Å². The van der Waals surface area contributed by atoms with Crippen LogP contribution in [0.15, 0.2) is 23.0 Å². The lowest BCUT2D eigenvalue weighted by molar-refractivity contribution is -0.918. The van der Waals surface area contributed by atoms with Crippen LogP contribution in [0.1, 0.15) is 44.4 Å². The van der Waals surface area contributed by atoms with Crippen LogP contribution >= 0.6 is 0 Å². The number of fused-ring (bicyclic) bond motifs is 1. The molecule has 3 rings (SSSR count). The number of benzene rings is 1. The molecule has 0 bridgehead atoms. The summed E-state index contributed by atoms with van der Waals surface area (Å²) in [5.41, 5.74) is 2.99. The number of ether oxygens (including phenoxy) is 1. The largest absolute Gasteiger partial charge is 0.493 e. The van der Waals surface area contributed by atoms with Crippen molar-refractivity contribution in [2.75, 3.05) is 19.7 Å². The number of hydrogen-bond donors (Lipinski definition) is 2. The fourth-order valence-corrected chi connectivity index (χ4v) is 3.47. The summed E-state index contributed by atoms with van der Waals surface area (Å²) in [5, 5.41) is 0.744. The van der Waals surface area contributed by atoms with Gasteiger partial charge in [0.1, 0.15) is 12.3 Å². The Balaban J connectivity index is 1.92. The van der Waals surface area contributed by atoms with Gasteiger partial charge in [0.25, 0.3) is 0 Å². The first kappa shape index (κ1) is 17.0. The van der Waals surface area contributed by atoms with Crippen LogP contribution in [-0.2, 0) is 6.54 Å². The van der Waals surface area contributed by atoms with E-state index in [9.17, 15) is 4.79 Å². The first-order valence-electron chi connectivity index (χ1n) is 9.16. The van der Waals surface area contributed by atoms with Crippen LogP contribution in [0.3, 0.4) is 0 Å². The number of piperidine rings is 1. The minimum absolute atomic E-state index is 0.161. The van der Waals surface area contributed by atoms with Gasteiger partial charge in [0.2, 0.25) is 0 Å². The molecule has 0 radical (unpaired) electrons. The molecule has 0 spiro atoms. The maximum Gasteiger partial charge on any atom is 0.198 e. The molecule has 0 aliphatic carbocycles. The molecule has 2 heterocycles. The van der Waals surface area contributed by atoms with Crippen molar-refractivity contribution in [3.8, 4) is 5.75 Å². The van der Waals surface area contributed by atoms with Crippen molar-refractivity contribution in [3.63, 3.8) is 0 Å². The summed E-state index contributed by atoms with van der Waals surface area (Å²) in [6.07, 6.45) is 3.87. The maximum absolute atomic E-state index is 13.0. The minimum atomic E-state index is 0.161. The molecule has 1 aliphatic heterocycles. The number of aromatic nitrogens is 1. The molecule has 2 aromatic rings. The van der Waals surface area contributed by atoms with Crippen LogP contribution in [0.2, 0.25) is 0 Å². The minimum Gasteiger partial charge on any atom is -0.493 e. The summed E-state index contributed by atoms with van der Waals surface area (Å²) < 4.78 is 5.79. The molecule has 1 saturated heterocycles. The summed E-state index contributed by atoms with van der Waals surface area (Å²) in [6.45, 7) is 10.1. The highest BCUT2D eigenvalue weighted by Gasteiger charge is 2.18. The summed E-state index contributed by atoms with van der Waals surface area (Å²) in [5.74, 6) is 1.25. The molecule has 1 aromatic carbocycles. The van der Waals surface area contributed by atoms with Gasteiger partial charge >= 0.3 is 0 Å². The van der Waals surface area contributed by atoms with Gasteiger partial charge in [-0.1, -0.05) is 13.8 Å². The molecule has 0 unspecified atom stereocenters. The lowest BCUT2D eigenvalue weighted by atomic mass is 10.1. The van der Waals surface area contributed by atoms with Crippen LogP contribution in [0.25, 0.3) is 10.9 Å². The van der Waals surface area contributed by atoms with E-state index in [4.69, 9.17) is 4.74 Å². The van der Waals surface area contributed by atoms with Gasteiger partial charge in [-0.2, -0.15) is 0 Å². The molecule has 2 N–H and O–H groups in total. The topological polar surface area (TPSA) is 46.5 Å². The van der Waals surface area contributed by atoms with Gasteiger partial charge in [0, 0.05) is 16.6 Å². The molecule has 0 saturated carbocycles. The Bertz CT molecular complexity index is 758. The van der Waals surface area contributed by atoms with E-state index in [1.165, 1.54) is 37.3 Å². The summed E-state index contributed by atoms with van der Waals surface area (Å²) in [7, 11) is 0. The second-order valence-corrected chi connectivity index (χ2v) is 7.46. The zero-order chi connectivity index (χ0) is 17.1. The molecule has 1 aliphatic rings. The van der Waals surface area contributed by atoms with Gasteiger partial charge in [-0.25, -0.2) is 0 Å². The fraction of sp³-hybridized carbons (Fsp3) is 0.550. The number of hydrogen-bond acceptors (Lipinski definition) is 2. The van der Waals surface area contributed by atoms with Crippen molar-refractivity contribution in [1.29, 1.82) is 0 Å². The molecule has 0 atom stereocenters. The van der Waals surface area contributed by atoms with Gasteiger partial charge in [0.05, 0.1) is 25.3 Å². The molecule has 1 aromatic heterocycles. The lowest BCUT2D eigenvalue weighted by Gasteiger charge is -2.24. The van der Waals surface area contributed by atoms with Gasteiger partial charge in [0.15, 0.2) is 5.43 Å². The van der Waals surface area contributed by atoms with E-state index in [-0.39, 0.29) is 5.43 Å². The molecule has 24 heavy (non-hydrogen) atoms. The summed E-state index contributed by atoms with van der Waals surface area (Å²) in [4.78, 5) is 18.0. The average Bonchev–Trinajstić information content (AvgIpc) is 2.58. The zero-order valence-corrected chi connectivity index (χ0v) is 15.1. The SMILES string of the molecule is Cc1[nH]c2ccc(OCC(C)C)cc2c(=O)c1C[NH+]1CCCCC1. The van der Waals surface area contributed by atoms with Crippen molar-refractivity contribution in [2.45, 2.75) is 46.6 Å². The van der Waals surface area contributed by atoms with Crippen LogP contribution in [0, 0.1) is 12.8 Å². The molecular weight excluding hydrogens is 300 g/mol. The molecule has 4 heteroatoms. The third-order valence-electron chi connectivity index (χ3n) is 4.86. The standard InChI is InChI=1S/C20H28N2O2/c1-14(2)13-24-16-7-8-19-17(11-16)20(23)18(15(3)21-19)12-22-9-5-4-6-10-22/h7-8,11,14H,4-6,9-10,12-13H2,1-3H3,(H,21,23)/p+1. The van der Waals surface area contributed by atoms with E-state index < -0.39 is 0 Å². The fourth-order valence-electron chi connectivity index (χ4n) is 3.47. The monoisotopic (exact) mass is 329 g/mol. The summed E-state index contributed by atoms with van der Waals surface area (Å²) in [6, 6.07) is 5.79. The predicted octanol–water partition coefficient (Wildman–Crippen LogP) is 2.44. The van der Waals surface area contributed by atoms with Gasteiger partial charge in [-0.3, -0.25) is 4.79 Å². The number of aryl methyl sites for hydroxylation is 1. The van der Waals surface area contributed by atoms with Gasteiger partial charge in [-0.05, 0) is 50.3 Å². The first-order chi connectivity index (χ1) is 11.5. The zero-order valence-electron chi connectivity index (χ0n) is 15.1. The van der Waals surface area contributed by atoms with Crippen molar-refractivity contribution >= 4 is 10.9 Å². The first-order valence-corrected chi connectivity index (χ1v) is 9.16. The third kappa shape index (κ3) is 3.81. The Morgan fingerprint density at radius 1 is 1.21 bits per heavy atom. The van der Waals surface area contributed by atoms with Crippen LogP contribution in [-0.4, -0.2) is 24.7 Å². The normalized spacial score (nSPS) is 16.0. The number of nitrogens with one attached hydrogen (secondary N) is 2. The van der Waals surface area contributed by atoms with E-state index in [2.05, 4.69) is 18.8 Å².